The predicted octanol–water partition coefficient (Wildman–Crippen LogP) is 4.35. The molecule has 4 atom stereocenters. The second-order valence-electron chi connectivity index (χ2n) is 10.5. The molecule has 1 aliphatic carbocycles. The topological polar surface area (TPSA) is 109 Å². The maximum atomic E-state index is 15.3. The molecule has 2 aromatic heterocycles. The van der Waals surface area contributed by atoms with Crippen LogP contribution in [-0.4, -0.2) is 71.0 Å². The molecular formula is C28H36ClFN6O3. The van der Waals surface area contributed by atoms with E-state index < -0.39 is 18.5 Å². The molecule has 210 valence electrons. The molecule has 3 heterocycles. The maximum Gasteiger partial charge on any atom is 0.175 e. The fraction of sp³-hybridized carbons (Fsp3) is 0.536. The van der Waals surface area contributed by atoms with E-state index in [1.165, 1.54) is 0 Å². The Bertz CT molecular complexity index is 1310. The molecule has 39 heavy (non-hydrogen) atoms. The predicted molar refractivity (Wildman–Crippen MR) is 149 cm³/mol. The lowest BCUT2D eigenvalue weighted by Crippen LogP contribution is -2.52. The summed E-state index contributed by atoms with van der Waals surface area (Å²) in [6, 6.07) is 5.16. The molecule has 3 N–H and O–H groups in total. The Kier molecular flexibility index (Phi) is 8.09. The second-order valence-corrected chi connectivity index (χ2v) is 10.9. The zero-order chi connectivity index (χ0) is 27.8. The van der Waals surface area contributed by atoms with Crippen LogP contribution in [0.4, 0.5) is 10.2 Å². The van der Waals surface area contributed by atoms with Gasteiger partial charge in [0.2, 0.25) is 0 Å². The average molecular weight is 559 g/mol. The van der Waals surface area contributed by atoms with Gasteiger partial charge in [0.15, 0.2) is 12.1 Å². The van der Waals surface area contributed by atoms with E-state index in [4.69, 9.17) is 30.8 Å². The first kappa shape index (κ1) is 27.8. The van der Waals surface area contributed by atoms with E-state index in [9.17, 15) is 5.11 Å². The highest BCUT2D eigenvalue weighted by atomic mass is 35.5. The lowest BCUT2D eigenvalue weighted by atomic mass is 10.00. The molecule has 0 radical (unpaired) electrons. The molecule has 1 aliphatic heterocycles. The molecule has 1 aromatic carbocycles. The van der Waals surface area contributed by atoms with Crippen molar-refractivity contribution in [2.45, 2.75) is 77.5 Å². The van der Waals surface area contributed by atoms with Crippen LogP contribution in [0.1, 0.15) is 43.2 Å². The van der Waals surface area contributed by atoms with Crippen molar-refractivity contribution in [2.75, 3.05) is 25.0 Å². The van der Waals surface area contributed by atoms with Gasteiger partial charge < -0.3 is 24.6 Å². The summed E-state index contributed by atoms with van der Waals surface area (Å²) in [5.41, 5.74) is 3.61. The summed E-state index contributed by atoms with van der Waals surface area (Å²) < 4.78 is 26.8. The highest BCUT2D eigenvalue weighted by molar-refractivity contribution is 6.33. The Morgan fingerprint density at radius 2 is 2.00 bits per heavy atom. The number of alkyl halides is 1. The number of halogens is 2. The van der Waals surface area contributed by atoms with Crippen molar-refractivity contribution in [3.05, 3.63) is 40.2 Å². The average Bonchev–Trinajstić information content (AvgIpc) is 3.69. The maximum absolute atomic E-state index is 15.3. The number of rotatable bonds is 9. The van der Waals surface area contributed by atoms with Gasteiger partial charge in [-0.25, -0.2) is 14.4 Å². The molecule has 2 fully saturated rings. The largest absolute Gasteiger partial charge is 0.473 e. The van der Waals surface area contributed by atoms with Crippen molar-refractivity contribution in [3.63, 3.8) is 0 Å². The lowest BCUT2D eigenvalue weighted by molar-refractivity contribution is 0.0321. The van der Waals surface area contributed by atoms with E-state index >= 15 is 4.39 Å². The monoisotopic (exact) mass is 558 g/mol. The van der Waals surface area contributed by atoms with E-state index in [-0.39, 0.29) is 12.1 Å². The third-order valence-electron chi connectivity index (χ3n) is 7.47. The van der Waals surface area contributed by atoms with Crippen molar-refractivity contribution >= 4 is 17.4 Å². The van der Waals surface area contributed by atoms with Crippen LogP contribution < -0.4 is 20.3 Å². The van der Waals surface area contributed by atoms with Gasteiger partial charge in [-0.2, -0.15) is 0 Å². The number of aromatic nitrogens is 3. The zero-order valence-electron chi connectivity index (χ0n) is 23.0. The van der Waals surface area contributed by atoms with Gasteiger partial charge in [0.25, 0.3) is 0 Å². The first-order chi connectivity index (χ1) is 18.7. The summed E-state index contributed by atoms with van der Waals surface area (Å²) in [6.45, 7) is 8.44. The van der Waals surface area contributed by atoms with Gasteiger partial charge >= 0.3 is 0 Å². The van der Waals surface area contributed by atoms with Gasteiger partial charge in [0.1, 0.15) is 29.6 Å². The van der Waals surface area contributed by atoms with Crippen LogP contribution >= 0.6 is 11.6 Å². The summed E-state index contributed by atoms with van der Waals surface area (Å²) in [7, 11) is 1.71. The summed E-state index contributed by atoms with van der Waals surface area (Å²) >= 11 is 6.71. The van der Waals surface area contributed by atoms with Crippen molar-refractivity contribution in [3.8, 4) is 28.4 Å². The van der Waals surface area contributed by atoms with Gasteiger partial charge in [-0.3, -0.25) is 5.32 Å². The standard InChI is InChI=1S/C28H36ClFN6O3/c1-14-25(24-15(2)35-39-17(24)4)33-26(20-12-19(8-9-21(20)29)38-28(31-5)16(3)37)34-27(14)36(18-6-7-18)23-10-11-32-13-22(23)30/h8-9,12,16,18,22-23,28,31-32,37H,6-7,10-11,13H2,1-5H3. The third-order valence-corrected chi connectivity index (χ3v) is 7.80. The first-order valence-corrected chi connectivity index (χ1v) is 13.8. The minimum atomic E-state index is -1.01. The molecule has 1 saturated heterocycles. The molecule has 4 unspecified atom stereocenters. The molecule has 9 nitrogen and oxygen atoms in total. The van der Waals surface area contributed by atoms with Crippen molar-refractivity contribution < 1.29 is 18.8 Å². The van der Waals surface area contributed by atoms with E-state index in [0.717, 1.165) is 30.5 Å². The quantitative estimate of drug-likeness (QED) is 0.330. The lowest BCUT2D eigenvalue weighted by Gasteiger charge is -2.39. The SMILES string of the molecule is CNC(Oc1ccc(Cl)c(-c2nc(-c3c(C)noc3C)c(C)c(N(C3CC3)C3CCNCC3F)n2)c1)C(C)O. The molecule has 3 aromatic rings. The van der Waals surface area contributed by atoms with Crippen molar-refractivity contribution in [2.24, 2.45) is 0 Å². The fourth-order valence-electron chi connectivity index (χ4n) is 5.31. The molecular weight excluding hydrogens is 523 g/mol. The minimum absolute atomic E-state index is 0.220. The Morgan fingerprint density at radius 3 is 2.62 bits per heavy atom. The Labute approximate surface area is 233 Å². The normalized spacial score (nSPS) is 21.0. The van der Waals surface area contributed by atoms with Crippen molar-refractivity contribution in [1.29, 1.82) is 0 Å². The number of ether oxygens (including phenoxy) is 1. The number of aliphatic hydroxyl groups excluding tert-OH is 1. The van der Waals surface area contributed by atoms with Crippen LogP contribution in [0.25, 0.3) is 22.6 Å². The summed E-state index contributed by atoms with van der Waals surface area (Å²) in [6.07, 6.45) is 0.298. The first-order valence-electron chi connectivity index (χ1n) is 13.5. The molecule has 0 amide bonds. The summed E-state index contributed by atoms with van der Waals surface area (Å²) in [5, 5.41) is 20.8. The number of benzene rings is 1. The fourth-order valence-corrected chi connectivity index (χ4v) is 5.51. The molecule has 0 bridgehead atoms. The number of hydrogen-bond acceptors (Lipinski definition) is 9. The Hall–Kier alpha value is -2.79. The third kappa shape index (κ3) is 5.61. The van der Waals surface area contributed by atoms with E-state index in [1.54, 1.807) is 32.2 Å². The number of piperidine rings is 1. The van der Waals surface area contributed by atoms with Crippen molar-refractivity contribution in [1.82, 2.24) is 25.8 Å². The number of hydrogen-bond donors (Lipinski definition) is 3. The number of aryl methyl sites for hydroxylation is 2. The van der Waals surface area contributed by atoms with Gasteiger partial charge in [-0.05, 0) is 78.7 Å². The number of nitrogens with one attached hydrogen (secondary N) is 2. The smallest absolute Gasteiger partial charge is 0.175 e. The van der Waals surface area contributed by atoms with Gasteiger partial charge in [-0.15, -0.1) is 0 Å². The summed E-state index contributed by atoms with van der Waals surface area (Å²) in [4.78, 5) is 12.2. The van der Waals surface area contributed by atoms with Crippen LogP contribution in [0.15, 0.2) is 22.7 Å². The molecule has 1 saturated carbocycles. The van der Waals surface area contributed by atoms with E-state index in [2.05, 4.69) is 20.7 Å². The van der Waals surface area contributed by atoms with E-state index in [0.29, 0.717) is 58.1 Å². The van der Waals surface area contributed by atoms with Gasteiger partial charge in [-0.1, -0.05) is 16.8 Å². The van der Waals surface area contributed by atoms with Crippen LogP contribution in [0.5, 0.6) is 5.75 Å². The van der Waals surface area contributed by atoms with E-state index in [1.807, 2.05) is 20.8 Å². The number of likely N-dealkylation sites (N-methyl/N-ethyl adjacent to an activating group) is 1. The van der Waals surface area contributed by atoms with Crippen LogP contribution in [0.3, 0.4) is 0 Å². The minimum Gasteiger partial charge on any atom is -0.473 e. The second kappa shape index (κ2) is 11.4. The highest BCUT2D eigenvalue weighted by Gasteiger charge is 2.41. The molecule has 11 heteroatoms. The molecule has 5 rings (SSSR count). The Morgan fingerprint density at radius 1 is 1.23 bits per heavy atom. The summed E-state index contributed by atoms with van der Waals surface area (Å²) in [5.74, 6) is 2.24. The zero-order valence-corrected chi connectivity index (χ0v) is 23.7. The number of aliphatic hydroxyl groups is 1. The number of anilines is 1. The van der Waals surface area contributed by atoms with Crippen LogP contribution in [-0.2, 0) is 0 Å². The Balaban J connectivity index is 1.68. The van der Waals surface area contributed by atoms with Gasteiger partial charge in [0, 0.05) is 23.7 Å². The molecule has 2 aliphatic rings. The highest BCUT2D eigenvalue weighted by Crippen LogP contribution is 2.42. The van der Waals surface area contributed by atoms with Crippen LogP contribution in [0, 0.1) is 20.8 Å². The number of nitrogens with zero attached hydrogens (tertiary/aromatic N) is 4. The molecule has 0 spiro atoms. The van der Waals surface area contributed by atoms with Crippen LogP contribution in [0.2, 0.25) is 5.02 Å². The van der Waals surface area contributed by atoms with Gasteiger partial charge in [0.05, 0.1) is 28.0 Å².